The van der Waals surface area contributed by atoms with E-state index >= 15 is 0 Å². The predicted molar refractivity (Wildman–Crippen MR) is 105 cm³/mol. The van der Waals surface area contributed by atoms with E-state index in [4.69, 9.17) is 4.74 Å². The Labute approximate surface area is 156 Å². The van der Waals surface area contributed by atoms with E-state index in [1.165, 1.54) is 23.1 Å². The number of halogens is 1. The summed E-state index contributed by atoms with van der Waals surface area (Å²) in [7, 11) is 0. The molecule has 0 amide bonds. The van der Waals surface area contributed by atoms with Crippen LogP contribution in [0.1, 0.15) is 42.5 Å². The van der Waals surface area contributed by atoms with Gasteiger partial charge in [0.15, 0.2) is 0 Å². The maximum absolute atomic E-state index is 10.3. The number of hydrogen-bond acceptors (Lipinski definition) is 3. The van der Waals surface area contributed by atoms with E-state index in [2.05, 4.69) is 42.6 Å². The molecule has 25 heavy (non-hydrogen) atoms. The van der Waals surface area contributed by atoms with Gasteiger partial charge < -0.3 is 15.2 Å². The molecule has 0 bridgehead atoms. The molecule has 0 aliphatic heterocycles. The molecule has 0 heterocycles. The van der Waals surface area contributed by atoms with Crippen molar-refractivity contribution in [3.05, 3.63) is 65.2 Å². The number of aryl methyl sites for hydroxylation is 2. The van der Waals surface area contributed by atoms with Gasteiger partial charge in [0.05, 0.1) is 0 Å². The molecule has 4 heteroatoms. The molecule has 2 unspecified atom stereocenters. The predicted octanol–water partition coefficient (Wildman–Crippen LogP) is 4.08. The second kappa shape index (κ2) is 9.81. The molecule has 0 aromatic heterocycles. The van der Waals surface area contributed by atoms with Crippen LogP contribution in [-0.2, 0) is 12.8 Å². The quantitative estimate of drug-likeness (QED) is 0.780. The molecule has 2 aromatic rings. The number of fused-ring (bicyclic) bond motifs is 1. The van der Waals surface area contributed by atoms with Gasteiger partial charge in [0.25, 0.3) is 0 Å². The summed E-state index contributed by atoms with van der Waals surface area (Å²) < 4.78 is 5.81. The van der Waals surface area contributed by atoms with Gasteiger partial charge in [-0.05, 0) is 48.4 Å². The fourth-order valence-electron chi connectivity index (χ4n) is 3.43. The number of nitrogens with one attached hydrogen (secondary N) is 1. The Balaban J connectivity index is 0.00000225. The molecular weight excluding hydrogens is 334 g/mol. The second-order valence-corrected chi connectivity index (χ2v) is 6.48. The fourth-order valence-corrected chi connectivity index (χ4v) is 3.43. The van der Waals surface area contributed by atoms with E-state index in [-0.39, 0.29) is 12.4 Å². The van der Waals surface area contributed by atoms with Gasteiger partial charge in [0.1, 0.15) is 18.5 Å². The fraction of sp³-hybridized carbons (Fsp3) is 0.429. The first-order chi connectivity index (χ1) is 11.8. The van der Waals surface area contributed by atoms with Crippen molar-refractivity contribution in [3.63, 3.8) is 0 Å². The molecule has 0 spiro atoms. The van der Waals surface area contributed by atoms with Crippen LogP contribution in [0.2, 0.25) is 0 Å². The molecule has 2 aromatic carbocycles. The van der Waals surface area contributed by atoms with Crippen molar-refractivity contribution >= 4 is 12.4 Å². The maximum Gasteiger partial charge on any atom is 0.122 e. The van der Waals surface area contributed by atoms with Gasteiger partial charge >= 0.3 is 0 Å². The number of aliphatic hydroxyl groups excluding tert-OH is 1. The van der Waals surface area contributed by atoms with Gasteiger partial charge in [-0.1, -0.05) is 49.4 Å². The monoisotopic (exact) mass is 361 g/mol. The summed E-state index contributed by atoms with van der Waals surface area (Å²) in [6.45, 7) is 2.98. The summed E-state index contributed by atoms with van der Waals surface area (Å²) in [4.78, 5) is 0. The third-order valence-corrected chi connectivity index (χ3v) is 4.75. The van der Waals surface area contributed by atoms with Crippen molar-refractivity contribution < 1.29 is 9.84 Å². The summed E-state index contributed by atoms with van der Waals surface area (Å²) in [6, 6.07) is 17.0. The van der Waals surface area contributed by atoms with Crippen LogP contribution in [0.15, 0.2) is 48.5 Å². The highest BCUT2D eigenvalue weighted by Crippen LogP contribution is 2.29. The highest BCUT2D eigenvalue weighted by molar-refractivity contribution is 5.85. The summed E-state index contributed by atoms with van der Waals surface area (Å²) in [5, 5.41) is 13.8. The Morgan fingerprint density at radius 2 is 1.92 bits per heavy atom. The highest BCUT2D eigenvalue weighted by Gasteiger charge is 2.20. The van der Waals surface area contributed by atoms with E-state index < -0.39 is 6.10 Å². The molecule has 1 aliphatic rings. The highest BCUT2D eigenvalue weighted by atomic mass is 35.5. The number of ether oxygens (including phenoxy) is 1. The molecule has 3 rings (SSSR count). The van der Waals surface area contributed by atoms with E-state index in [1.807, 2.05) is 18.2 Å². The van der Waals surface area contributed by atoms with Gasteiger partial charge in [0, 0.05) is 12.6 Å². The lowest BCUT2D eigenvalue weighted by Gasteiger charge is -2.27. The van der Waals surface area contributed by atoms with Gasteiger partial charge in [-0.25, -0.2) is 0 Å². The number of aliphatic hydroxyl groups is 1. The van der Waals surface area contributed by atoms with Crippen LogP contribution in [0, 0.1) is 0 Å². The van der Waals surface area contributed by atoms with Crippen LogP contribution in [-0.4, -0.2) is 24.4 Å². The smallest absolute Gasteiger partial charge is 0.122 e. The minimum atomic E-state index is -0.510. The molecule has 2 atom stereocenters. The second-order valence-electron chi connectivity index (χ2n) is 6.48. The van der Waals surface area contributed by atoms with Crippen molar-refractivity contribution in [2.24, 2.45) is 0 Å². The van der Waals surface area contributed by atoms with Crippen molar-refractivity contribution in [1.29, 1.82) is 0 Å². The van der Waals surface area contributed by atoms with Crippen LogP contribution in [0.4, 0.5) is 0 Å². The summed E-state index contributed by atoms with van der Waals surface area (Å²) >= 11 is 0. The van der Waals surface area contributed by atoms with Gasteiger partial charge in [-0.15, -0.1) is 12.4 Å². The first-order valence-electron chi connectivity index (χ1n) is 8.98. The van der Waals surface area contributed by atoms with Crippen LogP contribution >= 0.6 is 12.4 Å². The van der Waals surface area contributed by atoms with Gasteiger partial charge in [-0.3, -0.25) is 0 Å². The average Bonchev–Trinajstić information content (AvgIpc) is 2.64. The first kappa shape index (κ1) is 19.8. The molecule has 0 fully saturated rings. The average molecular weight is 362 g/mol. The molecule has 0 saturated heterocycles. The Kier molecular flexibility index (Phi) is 7.76. The van der Waals surface area contributed by atoms with E-state index in [1.54, 1.807) is 0 Å². The van der Waals surface area contributed by atoms with Crippen LogP contribution in [0.5, 0.6) is 5.75 Å². The topological polar surface area (TPSA) is 41.5 Å². The number of rotatable bonds is 7. The van der Waals surface area contributed by atoms with Gasteiger partial charge in [0.2, 0.25) is 0 Å². The Hall–Kier alpha value is -1.55. The van der Waals surface area contributed by atoms with Crippen molar-refractivity contribution in [1.82, 2.24) is 5.32 Å². The first-order valence-corrected chi connectivity index (χ1v) is 8.98. The molecule has 0 saturated carbocycles. The largest absolute Gasteiger partial charge is 0.491 e. The zero-order valence-corrected chi connectivity index (χ0v) is 15.6. The third kappa shape index (κ3) is 5.21. The molecule has 0 radical (unpaired) electrons. The SMILES string of the molecule is CCc1ccccc1OCC(O)CNC1CCCc2ccccc21.Cl. The normalized spacial score (nSPS) is 17.3. The Morgan fingerprint density at radius 1 is 1.16 bits per heavy atom. The van der Waals surface area contributed by atoms with Crippen molar-refractivity contribution in [3.8, 4) is 5.75 Å². The minimum absolute atomic E-state index is 0. The summed E-state index contributed by atoms with van der Waals surface area (Å²) in [5.41, 5.74) is 4.00. The van der Waals surface area contributed by atoms with Crippen LogP contribution < -0.4 is 10.1 Å². The van der Waals surface area contributed by atoms with Crippen molar-refractivity contribution in [2.45, 2.75) is 44.8 Å². The van der Waals surface area contributed by atoms with E-state index in [0.717, 1.165) is 25.0 Å². The zero-order chi connectivity index (χ0) is 16.8. The number of benzene rings is 2. The molecule has 2 N–H and O–H groups in total. The Morgan fingerprint density at radius 3 is 2.76 bits per heavy atom. The zero-order valence-electron chi connectivity index (χ0n) is 14.8. The molecular formula is C21H28ClNO2. The molecule has 3 nitrogen and oxygen atoms in total. The lowest BCUT2D eigenvalue weighted by atomic mass is 9.88. The minimum Gasteiger partial charge on any atom is -0.491 e. The molecule has 136 valence electrons. The lowest BCUT2D eigenvalue weighted by molar-refractivity contribution is 0.102. The van der Waals surface area contributed by atoms with Crippen molar-refractivity contribution in [2.75, 3.05) is 13.2 Å². The summed E-state index contributed by atoms with van der Waals surface area (Å²) in [5.74, 6) is 0.877. The van der Waals surface area contributed by atoms with E-state index in [0.29, 0.717) is 19.2 Å². The standard InChI is InChI=1S/C21H27NO2.ClH/c1-2-16-8-4-6-13-21(16)24-15-18(23)14-22-20-12-7-10-17-9-3-5-11-19(17)20;/h3-6,8-9,11,13,18,20,22-23H,2,7,10,12,14-15H2,1H3;1H. The van der Waals surface area contributed by atoms with E-state index in [9.17, 15) is 5.11 Å². The molecule has 1 aliphatic carbocycles. The maximum atomic E-state index is 10.3. The lowest BCUT2D eigenvalue weighted by Crippen LogP contribution is -2.35. The number of para-hydroxylation sites is 1. The Bertz CT molecular complexity index is 662. The van der Waals surface area contributed by atoms with Gasteiger partial charge in [-0.2, -0.15) is 0 Å². The third-order valence-electron chi connectivity index (χ3n) is 4.75. The summed E-state index contributed by atoms with van der Waals surface area (Å²) in [6.07, 6.45) is 3.91. The van der Waals surface area contributed by atoms with Crippen LogP contribution in [0.3, 0.4) is 0 Å². The number of hydrogen-bond donors (Lipinski definition) is 2. The van der Waals surface area contributed by atoms with Crippen LogP contribution in [0.25, 0.3) is 0 Å².